The second-order valence-corrected chi connectivity index (χ2v) is 6.12. The van der Waals surface area contributed by atoms with Crippen molar-refractivity contribution in [2.24, 2.45) is 0 Å². The van der Waals surface area contributed by atoms with E-state index in [-0.39, 0.29) is 0 Å². The zero-order chi connectivity index (χ0) is 12.3. The van der Waals surface area contributed by atoms with Crippen LogP contribution in [-0.2, 0) is 5.41 Å². The number of hydrogen-bond donors (Lipinski definition) is 0. The van der Waals surface area contributed by atoms with Gasteiger partial charge in [0.15, 0.2) is 0 Å². The Bertz CT molecular complexity index is 353. The zero-order valence-electron chi connectivity index (χ0n) is 10.4. The van der Waals surface area contributed by atoms with Gasteiger partial charge in [0, 0.05) is 10.0 Å². The monoisotopic (exact) mass is 270 g/mol. The SMILES string of the molecule is CCCC1(c2cc(Cl)cc(Cl)c2)CCCCC1. The molecule has 0 bridgehead atoms. The minimum Gasteiger partial charge on any atom is -0.0843 e. The van der Waals surface area contributed by atoms with Crippen LogP contribution in [0.2, 0.25) is 10.0 Å². The van der Waals surface area contributed by atoms with E-state index in [9.17, 15) is 0 Å². The van der Waals surface area contributed by atoms with Crippen molar-refractivity contribution in [3.8, 4) is 0 Å². The summed E-state index contributed by atoms with van der Waals surface area (Å²) in [5.41, 5.74) is 1.69. The Hall–Kier alpha value is -0.200. The lowest BCUT2D eigenvalue weighted by atomic mass is 9.67. The first-order valence-electron chi connectivity index (χ1n) is 6.63. The van der Waals surface area contributed by atoms with Crippen molar-refractivity contribution in [2.75, 3.05) is 0 Å². The largest absolute Gasteiger partial charge is 0.0843 e. The fourth-order valence-electron chi connectivity index (χ4n) is 3.25. The Kier molecular flexibility index (Phi) is 4.38. The lowest BCUT2D eigenvalue weighted by Crippen LogP contribution is -2.28. The van der Waals surface area contributed by atoms with Crippen LogP contribution in [-0.4, -0.2) is 0 Å². The van der Waals surface area contributed by atoms with Gasteiger partial charge in [-0.25, -0.2) is 0 Å². The molecule has 1 aliphatic carbocycles. The summed E-state index contributed by atoms with van der Waals surface area (Å²) < 4.78 is 0. The van der Waals surface area contributed by atoms with Crippen LogP contribution in [0, 0.1) is 0 Å². The molecule has 94 valence electrons. The molecule has 1 fully saturated rings. The normalized spacial score (nSPS) is 19.2. The predicted molar refractivity (Wildman–Crippen MR) is 76.1 cm³/mol. The average Bonchev–Trinajstić information content (AvgIpc) is 2.29. The second-order valence-electron chi connectivity index (χ2n) is 5.25. The number of rotatable bonds is 3. The lowest BCUT2D eigenvalue weighted by molar-refractivity contribution is 0.271. The molecule has 1 aliphatic rings. The maximum absolute atomic E-state index is 6.15. The van der Waals surface area contributed by atoms with Gasteiger partial charge in [0.05, 0.1) is 0 Å². The highest BCUT2D eigenvalue weighted by Crippen LogP contribution is 2.44. The Morgan fingerprint density at radius 1 is 1.00 bits per heavy atom. The molecule has 1 aromatic carbocycles. The highest BCUT2D eigenvalue weighted by Gasteiger charge is 2.33. The van der Waals surface area contributed by atoms with E-state index >= 15 is 0 Å². The van der Waals surface area contributed by atoms with Crippen LogP contribution >= 0.6 is 23.2 Å². The van der Waals surface area contributed by atoms with E-state index in [4.69, 9.17) is 23.2 Å². The molecular formula is C15H20Cl2. The molecule has 0 aliphatic heterocycles. The maximum Gasteiger partial charge on any atom is 0.0423 e. The van der Waals surface area contributed by atoms with Gasteiger partial charge < -0.3 is 0 Å². The van der Waals surface area contributed by atoms with Gasteiger partial charge in [-0.3, -0.25) is 0 Å². The molecule has 0 radical (unpaired) electrons. The number of benzene rings is 1. The molecule has 0 unspecified atom stereocenters. The Labute approximate surface area is 114 Å². The van der Waals surface area contributed by atoms with E-state index < -0.39 is 0 Å². The molecule has 0 atom stereocenters. The fourth-order valence-corrected chi connectivity index (χ4v) is 3.78. The number of halogens is 2. The van der Waals surface area contributed by atoms with E-state index in [0.717, 1.165) is 10.0 Å². The molecule has 1 aromatic rings. The van der Waals surface area contributed by atoms with Crippen LogP contribution in [0.3, 0.4) is 0 Å². The second kappa shape index (κ2) is 5.63. The van der Waals surface area contributed by atoms with Gasteiger partial charge in [-0.1, -0.05) is 55.8 Å². The molecule has 1 saturated carbocycles. The van der Waals surface area contributed by atoms with Crippen molar-refractivity contribution < 1.29 is 0 Å². The smallest absolute Gasteiger partial charge is 0.0423 e. The first-order chi connectivity index (χ1) is 8.16. The summed E-state index contributed by atoms with van der Waals surface area (Å²) in [6.45, 7) is 2.27. The Balaban J connectivity index is 2.37. The molecule has 0 saturated heterocycles. The number of hydrogen-bond acceptors (Lipinski definition) is 0. The van der Waals surface area contributed by atoms with Gasteiger partial charge in [0.1, 0.15) is 0 Å². The summed E-state index contributed by atoms with van der Waals surface area (Å²) in [6.07, 6.45) is 9.11. The van der Waals surface area contributed by atoms with Crippen LogP contribution in [0.15, 0.2) is 18.2 Å². The molecule has 0 aromatic heterocycles. The van der Waals surface area contributed by atoms with Crippen LogP contribution < -0.4 is 0 Å². The summed E-state index contributed by atoms with van der Waals surface area (Å²) in [6, 6.07) is 6.07. The predicted octanol–water partition coefficient (Wildman–Crippen LogP) is 6.00. The maximum atomic E-state index is 6.15. The van der Waals surface area contributed by atoms with Crippen molar-refractivity contribution in [3.05, 3.63) is 33.8 Å². The molecule has 17 heavy (non-hydrogen) atoms. The van der Waals surface area contributed by atoms with Gasteiger partial charge in [-0.05, 0) is 48.4 Å². The molecule has 2 heteroatoms. The summed E-state index contributed by atoms with van der Waals surface area (Å²) in [5, 5.41) is 1.54. The molecule has 0 spiro atoms. The van der Waals surface area contributed by atoms with Crippen molar-refractivity contribution in [2.45, 2.75) is 57.3 Å². The van der Waals surface area contributed by atoms with E-state index in [1.54, 1.807) is 0 Å². The molecular weight excluding hydrogens is 251 g/mol. The third-order valence-electron chi connectivity index (χ3n) is 4.01. The van der Waals surface area contributed by atoms with Gasteiger partial charge in [-0.15, -0.1) is 0 Å². The van der Waals surface area contributed by atoms with Gasteiger partial charge in [0.25, 0.3) is 0 Å². The van der Waals surface area contributed by atoms with Gasteiger partial charge >= 0.3 is 0 Å². The third kappa shape index (κ3) is 2.98. The quantitative estimate of drug-likeness (QED) is 0.632. The highest BCUT2D eigenvalue weighted by atomic mass is 35.5. The molecule has 0 amide bonds. The Morgan fingerprint density at radius 3 is 2.12 bits per heavy atom. The highest BCUT2D eigenvalue weighted by molar-refractivity contribution is 6.34. The minimum absolute atomic E-state index is 0.335. The molecule has 2 rings (SSSR count). The van der Waals surface area contributed by atoms with Gasteiger partial charge in [-0.2, -0.15) is 0 Å². The third-order valence-corrected chi connectivity index (χ3v) is 4.45. The average molecular weight is 271 g/mol. The van der Waals surface area contributed by atoms with E-state index in [2.05, 4.69) is 19.1 Å². The molecule has 0 heterocycles. The van der Waals surface area contributed by atoms with Crippen LogP contribution in [0.4, 0.5) is 0 Å². The topological polar surface area (TPSA) is 0 Å². The first-order valence-corrected chi connectivity index (χ1v) is 7.38. The van der Waals surface area contributed by atoms with Crippen LogP contribution in [0.1, 0.15) is 57.4 Å². The lowest BCUT2D eigenvalue weighted by Gasteiger charge is -2.38. The standard InChI is InChI=1S/C15H20Cl2/c1-2-6-15(7-4-3-5-8-15)12-9-13(16)11-14(17)10-12/h9-11H,2-8H2,1H3. The summed E-state index contributed by atoms with van der Waals surface area (Å²) in [5.74, 6) is 0. The molecule has 0 nitrogen and oxygen atoms in total. The molecule has 0 N–H and O–H groups in total. The summed E-state index contributed by atoms with van der Waals surface area (Å²) in [4.78, 5) is 0. The van der Waals surface area contributed by atoms with E-state index in [1.807, 2.05) is 6.07 Å². The van der Waals surface area contributed by atoms with E-state index in [1.165, 1.54) is 50.5 Å². The van der Waals surface area contributed by atoms with Crippen molar-refractivity contribution in [1.82, 2.24) is 0 Å². The first kappa shape index (κ1) is 13.2. The van der Waals surface area contributed by atoms with Crippen LogP contribution in [0.25, 0.3) is 0 Å². The fraction of sp³-hybridized carbons (Fsp3) is 0.600. The van der Waals surface area contributed by atoms with Crippen molar-refractivity contribution in [3.63, 3.8) is 0 Å². The van der Waals surface area contributed by atoms with Crippen LogP contribution in [0.5, 0.6) is 0 Å². The van der Waals surface area contributed by atoms with E-state index in [0.29, 0.717) is 5.41 Å². The minimum atomic E-state index is 0.335. The zero-order valence-corrected chi connectivity index (χ0v) is 11.9. The summed E-state index contributed by atoms with van der Waals surface area (Å²) >= 11 is 12.3. The van der Waals surface area contributed by atoms with Crippen molar-refractivity contribution >= 4 is 23.2 Å². The van der Waals surface area contributed by atoms with Gasteiger partial charge in [0.2, 0.25) is 0 Å². The van der Waals surface area contributed by atoms with Crippen molar-refractivity contribution in [1.29, 1.82) is 0 Å². The summed E-state index contributed by atoms with van der Waals surface area (Å²) in [7, 11) is 0. The Morgan fingerprint density at radius 2 is 1.59 bits per heavy atom.